The Bertz CT molecular complexity index is 454. The molecular weight excluding hydrogens is 228 g/mol. The Morgan fingerprint density at radius 1 is 1.65 bits per heavy atom. The van der Waals surface area contributed by atoms with Crippen LogP contribution in [0.3, 0.4) is 0 Å². The predicted octanol–water partition coefficient (Wildman–Crippen LogP) is 0.610. The fourth-order valence-corrected chi connectivity index (χ4v) is 1.32. The van der Waals surface area contributed by atoms with Crippen molar-refractivity contribution in [2.75, 3.05) is 12.4 Å². The fourth-order valence-electron chi connectivity index (χ4n) is 1.32. The molecule has 0 aromatic carbocycles. The van der Waals surface area contributed by atoms with E-state index in [0.717, 1.165) is 0 Å². The maximum absolute atomic E-state index is 11.2. The second kappa shape index (κ2) is 4.81. The summed E-state index contributed by atoms with van der Waals surface area (Å²) in [5.41, 5.74) is 0. The summed E-state index contributed by atoms with van der Waals surface area (Å²) in [7, 11) is 2.88. The maximum atomic E-state index is 11.2. The highest BCUT2D eigenvalue weighted by molar-refractivity contribution is 5.79. The van der Waals surface area contributed by atoms with E-state index in [1.807, 2.05) is 0 Å². The van der Waals surface area contributed by atoms with Gasteiger partial charge in [-0.15, -0.1) is 0 Å². The van der Waals surface area contributed by atoms with Crippen molar-refractivity contribution in [2.24, 2.45) is 7.05 Å². The van der Waals surface area contributed by atoms with Crippen LogP contribution in [0.5, 0.6) is 0 Å². The van der Waals surface area contributed by atoms with Gasteiger partial charge in [0, 0.05) is 14.0 Å². The number of hydrogen-bond donors (Lipinski definition) is 1. The molecule has 1 heterocycles. The average molecular weight is 242 g/mol. The summed E-state index contributed by atoms with van der Waals surface area (Å²) in [5, 5.41) is 13.5. The Kier molecular flexibility index (Phi) is 3.66. The standard InChI is InChI=1S/C9H14N4O4/c1-5(9(14)17-4)10-7-8(13(15)16)11-6(2)12(7)3/h5,10H,1-4H3. The molecule has 94 valence electrons. The Balaban J connectivity index is 3.05. The summed E-state index contributed by atoms with van der Waals surface area (Å²) < 4.78 is 6.04. The SMILES string of the molecule is COC(=O)C(C)Nc1c([N+](=O)[O-])nc(C)n1C. The number of anilines is 1. The minimum Gasteiger partial charge on any atom is -0.467 e. The molecule has 17 heavy (non-hydrogen) atoms. The molecular formula is C9H14N4O4. The molecule has 1 rings (SSSR count). The topological polar surface area (TPSA) is 99.3 Å². The molecule has 0 aliphatic carbocycles. The van der Waals surface area contributed by atoms with Gasteiger partial charge in [0.1, 0.15) is 6.04 Å². The monoisotopic (exact) mass is 242 g/mol. The number of nitrogens with zero attached hydrogens (tertiary/aromatic N) is 3. The lowest BCUT2D eigenvalue weighted by molar-refractivity contribution is -0.388. The van der Waals surface area contributed by atoms with Crippen LogP contribution in [0.15, 0.2) is 0 Å². The van der Waals surface area contributed by atoms with Crippen LogP contribution in [-0.4, -0.2) is 33.6 Å². The highest BCUT2D eigenvalue weighted by Crippen LogP contribution is 2.24. The van der Waals surface area contributed by atoms with Gasteiger partial charge in [-0.1, -0.05) is 0 Å². The lowest BCUT2D eigenvalue weighted by atomic mass is 10.3. The highest BCUT2D eigenvalue weighted by Gasteiger charge is 2.26. The van der Waals surface area contributed by atoms with Crippen LogP contribution >= 0.6 is 0 Å². The first-order valence-electron chi connectivity index (χ1n) is 4.90. The molecule has 1 aromatic heterocycles. The van der Waals surface area contributed by atoms with E-state index >= 15 is 0 Å². The first-order valence-corrected chi connectivity index (χ1v) is 4.90. The van der Waals surface area contributed by atoms with E-state index in [1.165, 1.54) is 11.7 Å². The maximum Gasteiger partial charge on any atom is 0.406 e. The zero-order chi connectivity index (χ0) is 13.2. The lowest BCUT2D eigenvalue weighted by Crippen LogP contribution is -2.28. The summed E-state index contributed by atoms with van der Waals surface area (Å²) in [6.07, 6.45) is 0. The van der Waals surface area contributed by atoms with Crippen LogP contribution in [0.2, 0.25) is 0 Å². The fraction of sp³-hybridized carbons (Fsp3) is 0.556. The highest BCUT2D eigenvalue weighted by atomic mass is 16.6. The summed E-state index contributed by atoms with van der Waals surface area (Å²) in [6.45, 7) is 3.19. The lowest BCUT2D eigenvalue weighted by Gasteiger charge is -2.12. The molecule has 1 aromatic rings. The van der Waals surface area contributed by atoms with Gasteiger partial charge in [0.25, 0.3) is 0 Å². The number of carbonyl (C=O) groups excluding carboxylic acids is 1. The third kappa shape index (κ3) is 2.52. The third-order valence-corrected chi connectivity index (χ3v) is 2.38. The molecule has 0 spiro atoms. The Labute approximate surface area is 97.7 Å². The van der Waals surface area contributed by atoms with Gasteiger partial charge in [-0.25, -0.2) is 4.79 Å². The van der Waals surface area contributed by atoms with Crippen LogP contribution in [0.25, 0.3) is 0 Å². The number of imidazole rings is 1. The summed E-state index contributed by atoms with van der Waals surface area (Å²) in [5.74, 6) is -0.138. The molecule has 1 unspecified atom stereocenters. The average Bonchev–Trinajstić information content (AvgIpc) is 2.56. The second-order valence-electron chi connectivity index (χ2n) is 3.54. The smallest absolute Gasteiger partial charge is 0.406 e. The van der Waals surface area contributed by atoms with Gasteiger partial charge in [0.15, 0.2) is 0 Å². The normalized spacial score (nSPS) is 12.0. The number of ether oxygens (including phenoxy) is 1. The van der Waals surface area contributed by atoms with Crippen LogP contribution in [0.1, 0.15) is 12.7 Å². The number of rotatable bonds is 4. The third-order valence-electron chi connectivity index (χ3n) is 2.38. The molecule has 1 atom stereocenters. The van der Waals surface area contributed by atoms with Crippen molar-refractivity contribution >= 4 is 17.6 Å². The quantitative estimate of drug-likeness (QED) is 0.471. The number of esters is 1. The van der Waals surface area contributed by atoms with E-state index in [0.29, 0.717) is 5.82 Å². The first-order chi connectivity index (χ1) is 7.88. The molecule has 0 fully saturated rings. The molecule has 0 saturated carbocycles. The molecule has 8 nitrogen and oxygen atoms in total. The van der Waals surface area contributed by atoms with E-state index in [4.69, 9.17) is 0 Å². The van der Waals surface area contributed by atoms with Gasteiger partial charge in [-0.2, -0.15) is 0 Å². The minimum absolute atomic E-state index is 0.186. The van der Waals surface area contributed by atoms with Crippen molar-refractivity contribution in [2.45, 2.75) is 19.9 Å². The Hall–Kier alpha value is -2.12. The molecule has 0 aliphatic rings. The van der Waals surface area contributed by atoms with Crippen molar-refractivity contribution in [1.82, 2.24) is 9.55 Å². The number of methoxy groups -OCH3 is 1. The Morgan fingerprint density at radius 2 is 2.24 bits per heavy atom. The van der Waals surface area contributed by atoms with Crippen molar-refractivity contribution in [3.63, 3.8) is 0 Å². The van der Waals surface area contributed by atoms with Gasteiger partial charge in [-0.3, -0.25) is 4.57 Å². The van der Waals surface area contributed by atoms with E-state index in [-0.39, 0.29) is 11.6 Å². The van der Waals surface area contributed by atoms with Gasteiger partial charge >= 0.3 is 11.8 Å². The van der Waals surface area contributed by atoms with E-state index in [1.54, 1.807) is 20.9 Å². The van der Waals surface area contributed by atoms with Crippen LogP contribution in [-0.2, 0) is 16.6 Å². The first kappa shape index (κ1) is 12.9. The molecule has 0 radical (unpaired) electrons. The summed E-state index contributed by atoms with van der Waals surface area (Å²) in [6, 6.07) is -0.687. The molecule has 0 saturated heterocycles. The molecule has 1 N–H and O–H groups in total. The summed E-state index contributed by atoms with van der Waals surface area (Å²) >= 11 is 0. The largest absolute Gasteiger partial charge is 0.467 e. The van der Waals surface area contributed by atoms with E-state index in [2.05, 4.69) is 15.0 Å². The van der Waals surface area contributed by atoms with E-state index in [9.17, 15) is 14.9 Å². The van der Waals surface area contributed by atoms with Crippen molar-refractivity contribution in [3.05, 3.63) is 15.9 Å². The van der Waals surface area contributed by atoms with Crippen LogP contribution < -0.4 is 5.32 Å². The Morgan fingerprint density at radius 3 is 2.71 bits per heavy atom. The number of nitrogens with one attached hydrogen (secondary N) is 1. The number of aromatic nitrogens is 2. The molecule has 8 heteroatoms. The van der Waals surface area contributed by atoms with Crippen LogP contribution in [0, 0.1) is 17.0 Å². The van der Waals surface area contributed by atoms with Crippen LogP contribution in [0.4, 0.5) is 11.6 Å². The predicted molar refractivity (Wildman–Crippen MR) is 59.7 cm³/mol. The minimum atomic E-state index is -0.687. The van der Waals surface area contributed by atoms with Crippen molar-refractivity contribution < 1.29 is 14.5 Å². The number of hydrogen-bond acceptors (Lipinski definition) is 6. The molecule has 0 amide bonds. The number of nitro groups is 1. The van der Waals surface area contributed by atoms with Gasteiger partial charge < -0.3 is 20.2 Å². The van der Waals surface area contributed by atoms with Crippen molar-refractivity contribution in [3.8, 4) is 0 Å². The molecule has 0 aliphatic heterocycles. The molecule has 0 bridgehead atoms. The van der Waals surface area contributed by atoms with Gasteiger partial charge in [0.05, 0.1) is 7.11 Å². The van der Waals surface area contributed by atoms with Crippen molar-refractivity contribution in [1.29, 1.82) is 0 Å². The van der Waals surface area contributed by atoms with Gasteiger partial charge in [-0.05, 0) is 16.8 Å². The number of carbonyl (C=O) groups is 1. The number of aryl methyl sites for hydroxylation is 1. The second-order valence-corrected chi connectivity index (χ2v) is 3.54. The summed E-state index contributed by atoms with van der Waals surface area (Å²) in [4.78, 5) is 25.2. The zero-order valence-electron chi connectivity index (χ0n) is 10.1. The zero-order valence-corrected chi connectivity index (χ0v) is 10.1. The van der Waals surface area contributed by atoms with E-state index < -0.39 is 16.9 Å². The van der Waals surface area contributed by atoms with Gasteiger partial charge in [0.2, 0.25) is 11.6 Å².